The Balaban J connectivity index is 0. The molecule has 0 aliphatic heterocycles. The van der Waals surface area contributed by atoms with E-state index in [2.05, 4.69) is 12.6 Å². The van der Waals surface area contributed by atoms with Crippen LogP contribution in [0.25, 0.3) is 0 Å². The molecule has 0 fully saturated rings. The van der Waals surface area contributed by atoms with Crippen molar-refractivity contribution in [2.45, 2.75) is 0 Å². The Kier molecular flexibility index (Phi) is 20.8. The molecule has 0 unspecified atom stereocenters. The third-order valence-electron chi connectivity index (χ3n) is 0. The van der Waals surface area contributed by atoms with Crippen molar-refractivity contribution in [3.05, 3.63) is 0 Å². The van der Waals surface area contributed by atoms with Crippen molar-refractivity contribution in [3.8, 4) is 5.40 Å². The van der Waals surface area contributed by atoms with E-state index < -0.39 is 0 Å². The van der Waals surface area contributed by atoms with Gasteiger partial charge in [0.05, 0.1) is 0 Å². The monoisotopic (exact) mass is 266 g/mol. The second kappa shape index (κ2) is 9.45. The summed E-state index contributed by atoms with van der Waals surface area (Å²) in [6.45, 7) is 0. The molecule has 0 aromatic rings. The Labute approximate surface area is 50.6 Å². The van der Waals surface area contributed by atoms with Crippen molar-refractivity contribution in [1.29, 1.82) is 5.26 Å². The molecule has 1 nitrogen and oxygen atoms in total. The SMILES string of the molecule is N#C[S-].[Pb+2]. The van der Waals surface area contributed by atoms with Crippen molar-refractivity contribution in [2.24, 2.45) is 0 Å². The number of rotatable bonds is 0. The molecular formula is CNPbS+. The van der Waals surface area contributed by atoms with Crippen LogP contribution in [0.3, 0.4) is 0 Å². The van der Waals surface area contributed by atoms with Gasteiger partial charge in [-0.1, -0.05) is 5.40 Å². The first-order valence-corrected chi connectivity index (χ1v) is 0.836. The smallest absolute Gasteiger partial charge is 0.696 e. The minimum absolute atomic E-state index is 0. The number of thiocyanates is 1. The number of hydrogen-bond donors (Lipinski definition) is 0. The zero-order valence-electron chi connectivity index (χ0n) is 1.86. The van der Waals surface area contributed by atoms with Crippen LogP contribution >= 0.6 is 0 Å². The summed E-state index contributed by atoms with van der Waals surface area (Å²) in [6.07, 6.45) is 0. The van der Waals surface area contributed by atoms with Gasteiger partial charge in [-0.3, -0.25) is 0 Å². The summed E-state index contributed by atoms with van der Waals surface area (Å²) in [5.74, 6) is 0. The summed E-state index contributed by atoms with van der Waals surface area (Å²) in [5.41, 5.74) is 0. The van der Waals surface area contributed by atoms with Crippen LogP contribution in [0.4, 0.5) is 0 Å². The Hall–Kier alpha value is 0.632. The first kappa shape index (κ1) is 8.82. The van der Waals surface area contributed by atoms with Gasteiger partial charge in [-0.2, -0.15) is 0 Å². The summed E-state index contributed by atoms with van der Waals surface area (Å²) < 4.78 is 0. The van der Waals surface area contributed by atoms with Gasteiger partial charge >= 0.3 is 27.3 Å². The Morgan fingerprint density at radius 2 is 1.75 bits per heavy atom. The predicted octanol–water partition coefficient (Wildman–Crippen LogP) is -0.366. The predicted molar refractivity (Wildman–Crippen MR) is 18.7 cm³/mol. The summed E-state index contributed by atoms with van der Waals surface area (Å²) in [5, 5.41) is 8.47. The Morgan fingerprint density at radius 1 is 1.75 bits per heavy atom. The molecule has 4 heavy (non-hydrogen) atoms. The molecule has 0 N–H and O–H groups in total. The van der Waals surface area contributed by atoms with Crippen LogP contribution in [-0.4, -0.2) is 27.3 Å². The average molecular weight is 265 g/mol. The maximum atomic E-state index is 7.13. The van der Waals surface area contributed by atoms with Crippen LogP contribution in [0.15, 0.2) is 0 Å². The largest absolute Gasteiger partial charge is 2.00 e. The van der Waals surface area contributed by atoms with E-state index in [4.69, 9.17) is 5.26 Å². The molecule has 0 aliphatic carbocycles. The summed E-state index contributed by atoms with van der Waals surface area (Å²) >= 11 is 3.70. The molecule has 0 saturated heterocycles. The second-order valence-corrected chi connectivity index (χ2v) is 0.274. The van der Waals surface area contributed by atoms with E-state index in [-0.39, 0.29) is 27.3 Å². The van der Waals surface area contributed by atoms with E-state index in [1.165, 1.54) is 5.40 Å². The van der Waals surface area contributed by atoms with Gasteiger partial charge in [0.25, 0.3) is 0 Å². The molecule has 0 aromatic carbocycles. The molecule has 3 heteroatoms. The quantitative estimate of drug-likeness (QED) is 0.339. The van der Waals surface area contributed by atoms with Crippen LogP contribution in [0.5, 0.6) is 0 Å². The molecule has 2 radical (unpaired) electrons. The number of nitriles is 1. The summed E-state index contributed by atoms with van der Waals surface area (Å²) in [6, 6.07) is 0. The normalized spacial score (nSPS) is 1.75. The molecule has 0 atom stereocenters. The van der Waals surface area contributed by atoms with Crippen molar-refractivity contribution < 1.29 is 0 Å². The van der Waals surface area contributed by atoms with E-state index in [1.54, 1.807) is 0 Å². The van der Waals surface area contributed by atoms with Crippen LogP contribution < -0.4 is 0 Å². The van der Waals surface area contributed by atoms with Crippen molar-refractivity contribution in [2.75, 3.05) is 0 Å². The van der Waals surface area contributed by atoms with Gasteiger partial charge in [-0.15, -0.1) is 0 Å². The maximum absolute atomic E-state index is 7.13. The summed E-state index contributed by atoms with van der Waals surface area (Å²) in [7, 11) is 0. The standard InChI is InChI=1S/CHNS.Pb/c2-1-3;/h3H;/q;+2/p-1. The van der Waals surface area contributed by atoms with Gasteiger partial charge < -0.3 is 12.6 Å². The molecule has 0 saturated carbocycles. The van der Waals surface area contributed by atoms with E-state index in [0.29, 0.717) is 0 Å². The first-order valence-electron chi connectivity index (χ1n) is 0.428. The van der Waals surface area contributed by atoms with Crippen molar-refractivity contribution in [1.82, 2.24) is 0 Å². The van der Waals surface area contributed by atoms with Gasteiger partial charge in [-0.05, 0) is 0 Å². The van der Waals surface area contributed by atoms with E-state index in [1.807, 2.05) is 0 Å². The minimum Gasteiger partial charge on any atom is -0.696 e. The number of hydrogen-bond acceptors (Lipinski definition) is 2. The molecule has 0 spiro atoms. The van der Waals surface area contributed by atoms with E-state index in [0.717, 1.165) is 0 Å². The fraction of sp³-hybridized carbons (Fsp3) is 0. The molecule has 0 amide bonds. The Morgan fingerprint density at radius 3 is 1.75 bits per heavy atom. The van der Waals surface area contributed by atoms with Crippen LogP contribution in [0.1, 0.15) is 0 Å². The van der Waals surface area contributed by atoms with E-state index >= 15 is 0 Å². The van der Waals surface area contributed by atoms with E-state index in [9.17, 15) is 0 Å². The number of nitrogens with zero attached hydrogens (tertiary/aromatic N) is 1. The molecule has 0 aromatic heterocycles. The van der Waals surface area contributed by atoms with Crippen molar-refractivity contribution >= 4 is 39.9 Å². The van der Waals surface area contributed by atoms with Crippen molar-refractivity contribution in [3.63, 3.8) is 0 Å². The fourth-order valence-electron chi connectivity index (χ4n) is 0. The Bertz CT molecular complexity index is 29.5. The molecule has 0 rings (SSSR count). The van der Waals surface area contributed by atoms with Gasteiger partial charge in [0.2, 0.25) is 0 Å². The van der Waals surface area contributed by atoms with Gasteiger partial charge in [-0.25, -0.2) is 5.26 Å². The van der Waals surface area contributed by atoms with Crippen LogP contribution in [0.2, 0.25) is 0 Å². The second-order valence-electron chi connectivity index (χ2n) is 0.0913. The molecule has 0 aliphatic rings. The third kappa shape index (κ3) is 17.5. The molecule has 18 valence electrons. The topological polar surface area (TPSA) is 23.8 Å². The molecule has 0 heterocycles. The van der Waals surface area contributed by atoms with Crippen LogP contribution in [-0.2, 0) is 12.6 Å². The fourth-order valence-corrected chi connectivity index (χ4v) is 0. The first-order chi connectivity index (χ1) is 1.41. The van der Waals surface area contributed by atoms with Gasteiger partial charge in [0.15, 0.2) is 0 Å². The van der Waals surface area contributed by atoms with Crippen LogP contribution in [0, 0.1) is 10.7 Å². The zero-order chi connectivity index (χ0) is 2.71. The molecular weight excluding hydrogens is 265 g/mol. The maximum Gasteiger partial charge on any atom is 2.00 e. The van der Waals surface area contributed by atoms with Gasteiger partial charge in [0.1, 0.15) is 0 Å². The molecule has 0 bridgehead atoms. The minimum atomic E-state index is 0. The third-order valence-corrected chi connectivity index (χ3v) is 0. The zero-order valence-corrected chi connectivity index (χ0v) is 6.56. The average Bonchev–Trinajstić information content (AvgIpc) is 0.918. The summed E-state index contributed by atoms with van der Waals surface area (Å²) in [4.78, 5) is 0. The van der Waals surface area contributed by atoms with Gasteiger partial charge in [0, 0.05) is 0 Å².